The molecule has 2 rings (SSSR count). The number of rotatable bonds is 4. The third kappa shape index (κ3) is 2.99. The highest BCUT2D eigenvalue weighted by Crippen LogP contribution is 2.20. The summed E-state index contributed by atoms with van der Waals surface area (Å²) < 4.78 is 18.2. The van der Waals surface area contributed by atoms with Crippen molar-refractivity contribution in [2.75, 3.05) is 11.9 Å². The molecule has 5 heteroatoms. The number of nitrogens with one attached hydrogen (secondary N) is 1. The van der Waals surface area contributed by atoms with E-state index in [-0.39, 0.29) is 11.6 Å². The minimum Gasteiger partial charge on any atom is -0.467 e. The number of anilines is 1. The van der Waals surface area contributed by atoms with Crippen LogP contribution >= 0.6 is 11.6 Å². The number of hydrogen-bond donors (Lipinski definition) is 2. The van der Waals surface area contributed by atoms with E-state index in [0.717, 1.165) is 0 Å². The first-order chi connectivity index (χ1) is 8.16. The van der Waals surface area contributed by atoms with Gasteiger partial charge in [-0.3, -0.25) is 0 Å². The van der Waals surface area contributed by atoms with Gasteiger partial charge in [-0.2, -0.15) is 0 Å². The Kier molecular flexibility index (Phi) is 3.66. The van der Waals surface area contributed by atoms with Gasteiger partial charge in [0.15, 0.2) is 0 Å². The first kappa shape index (κ1) is 12.0. The maximum Gasteiger partial charge on any atom is 0.143 e. The van der Waals surface area contributed by atoms with Crippen molar-refractivity contribution in [3.63, 3.8) is 0 Å². The van der Waals surface area contributed by atoms with Gasteiger partial charge in [0.1, 0.15) is 17.7 Å². The molecule has 90 valence electrons. The van der Waals surface area contributed by atoms with Crippen molar-refractivity contribution >= 4 is 17.3 Å². The monoisotopic (exact) mass is 255 g/mol. The van der Waals surface area contributed by atoms with E-state index in [1.165, 1.54) is 18.4 Å². The molecule has 3 nitrogen and oxygen atoms in total. The predicted molar refractivity (Wildman–Crippen MR) is 63.6 cm³/mol. The first-order valence-electron chi connectivity index (χ1n) is 5.07. The molecule has 1 heterocycles. The van der Waals surface area contributed by atoms with Gasteiger partial charge in [0.05, 0.1) is 11.3 Å². The van der Waals surface area contributed by atoms with Crippen LogP contribution in [0.4, 0.5) is 10.1 Å². The molecule has 0 aliphatic heterocycles. The van der Waals surface area contributed by atoms with Gasteiger partial charge in [0.25, 0.3) is 0 Å². The van der Waals surface area contributed by atoms with Gasteiger partial charge in [-0.1, -0.05) is 11.6 Å². The van der Waals surface area contributed by atoms with Crippen molar-refractivity contribution in [3.05, 3.63) is 53.2 Å². The zero-order valence-corrected chi connectivity index (χ0v) is 9.62. The molecule has 0 aliphatic carbocycles. The molecular weight excluding hydrogens is 245 g/mol. The van der Waals surface area contributed by atoms with Crippen LogP contribution in [0.2, 0.25) is 5.02 Å². The molecule has 0 fully saturated rings. The zero-order valence-electron chi connectivity index (χ0n) is 8.86. The van der Waals surface area contributed by atoms with Crippen LogP contribution < -0.4 is 5.32 Å². The summed E-state index contributed by atoms with van der Waals surface area (Å²) in [5.74, 6) is -0.0314. The fourth-order valence-electron chi connectivity index (χ4n) is 1.40. The van der Waals surface area contributed by atoms with Gasteiger partial charge >= 0.3 is 0 Å². The highest BCUT2D eigenvalue weighted by Gasteiger charge is 2.10. The van der Waals surface area contributed by atoms with E-state index in [9.17, 15) is 9.50 Å². The van der Waals surface area contributed by atoms with E-state index in [1.807, 2.05) is 0 Å². The normalized spacial score (nSPS) is 12.4. The molecule has 1 aromatic carbocycles. The van der Waals surface area contributed by atoms with E-state index < -0.39 is 11.9 Å². The lowest BCUT2D eigenvalue weighted by molar-refractivity contribution is 0.162. The van der Waals surface area contributed by atoms with Gasteiger partial charge in [-0.25, -0.2) is 4.39 Å². The van der Waals surface area contributed by atoms with Gasteiger partial charge in [0.2, 0.25) is 0 Å². The summed E-state index contributed by atoms with van der Waals surface area (Å²) in [7, 11) is 0. The molecule has 2 N–H and O–H groups in total. The average molecular weight is 256 g/mol. The topological polar surface area (TPSA) is 45.4 Å². The van der Waals surface area contributed by atoms with Gasteiger partial charge < -0.3 is 14.8 Å². The van der Waals surface area contributed by atoms with Crippen LogP contribution in [0.1, 0.15) is 11.9 Å². The lowest BCUT2D eigenvalue weighted by Gasteiger charge is -2.10. The van der Waals surface area contributed by atoms with Crippen LogP contribution in [-0.4, -0.2) is 11.7 Å². The maximum absolute atomic E-state index is 13.1. The van der Waals surface area contributed by atoms with Crippen LogP contribution in [0.15, 0.2) is 41.0 Å². The smallest absolute Gasteiger partial charge is 0.143 e. The van der Waals surface area contributed by atoms with Crippen molar-refractivity contribution in [3.8, 4) is 0 Å². The molecule has 0 saturated carbocycles. The first-order valence-corrected chi connectivity index (χ1v) is 5.45. The molecule has 0 amide bonds. The fraction of sp³-hybridized carbons (Fsp3) is 0.167. The van der Waals surface area contributed by atoms with Crippen molar-refractivity contribution in [2.45, 2.75) is 6.10 Å². The Labute approximate surface area is 103 Å². The molecule has 0 aliphatic rings. The Morgan fingerprint density at radius 3 is 2.88 bits per heavy atom. The van der Waals surface area contributed by atoms with Gasteiger partial charge in [-0.15, -0.1) is 0 Å². The lowest BCUT2D eigenvalue weighted by atomic mass is 10.2. The van der Waals surface area contributed by atoms with E-state index >= 15 is 0 Å². The third-order valence-electron chi connectivity index (χ3n) is 2.29. The van der Waals surface area contributed by atoms with Crippen molar-refractivity contribution in [1.82, 2.24) is 0 Å². The lowest BCUT2D eigenvalue weighted by Crippen LogP contribution is -2.11. The summed E-state index contributed by atoms with van der Waals surface area (Å²) in [5.41, 5.74) is 0.553. The number of hydrogen-bond acceptors (Lipinski definition) is 3. The summed E-state index contributed by atoms with van der Waals surface area (Å²) in [6.45, 7) is 0.231. The fourth-order valence-corrected chi connectivity index (χ4v) is 1.52. The number of benzene rings is 1. The predicted octanol–water partition coefficient (Wildman–Crippen LogP) is 3.22. The molecule has 17 heavy (non-hydrogen) atoms. The minimum absolute atomic E-state index is 0.0714. The second-order valence-electron chi connectivity index (χ2n) is 3.54. The number of halogens is 2. The van der Waals surface area contributed by atoms with Crippen molar-refractivity contribution in [2.24, 2.45) is 0 Å². The summed E-state index contributed by atoms with van der Waals surface area (Å²) >= 11 is 5.56. The second kappa shape index (κ2) is 5.21. The average Bonchev–Trinajstić information content (AvgIpc) is 2.84. The summed E-state index contributed by atoms with van der Waals surface area (Å²) in [6.07, 6.45) is 0.712. The summed E-state index contributed by atoms with van der Waals surface area (Å²) in [6, 6.07) is 7.74. The number of aliphatic hydroxyl groups is 1. The molecule has 2 aromatic rings. The molecule has 0 radical (unpaired) electrons. The summed E-state index contributed by atoms with van der Waals surface area (Å²) in [4.78, 5) is 0. The second-order valence-corrected chi connectivity index (χ2v) is 3.95. The van der Waals surface area contributed by atoms with Gasteiger partial charge in [-0.05, 0) is 30.3 Å². The van der Waals surface area contributed by atoms with Crippen LogP contribution in [-0.2, 0) is 0 Å². The molecule has 1 atom stereocenters. The Bertz CT molecular complexity index is 487. The molecule has 0 bridgehead atoms. The molecular formula is C12H11ClFNO2. The number of furan rings is 1. The van der Waals surface area contributed by atoms with E-state index in [1.54, 1.807) is 18.2 Å². The highest BCUT2D eigenvalue weighted by atomic mass is 35.5. The van der Waals surface area contributed by atoms with E-state index in [2.05, 4.69) is 5.32 Å². The Morgan fingerprint density at radius 2 is 2.24 bits per heavy atom. The molecule has 0 saturated heterocycles. The Hall–Kier alpha value is -1.52. The minimum atomic E-state index is -0.774. The van der Waals surface area contributed by atoms with Crippen LogP contribution in [0.5, 0.6) is 0 Å². The molecule has 0 spiro atoms. The maximum atomic E-state index is 13.1. The Morgan fingerprint density at radius 1 is 1.41 bits per heavy atom. The third-order valence-corrected chi connectivity index (χ3v) is 2.60. The largest absolute Gasteiger partial charge is 0.467 e. The van der Waals surface area contributed by atoms with Crippen molar-refractivity contribution < 1.29 is 13.9 Å². The standard InChI is InChI=1S/C12H11ClFNO2/c13-9-4-3-8(6-10(9)14)15-7-11(16)12-2-1-5-17-12/h1-6,11,15-16H,7H2. The molecule has 1 aromatic heterocycles. The van der Waals surface area contributed by atoms with Crippen molar-refractivity contribution in [1.29, 1.82) is 0 Å². The highest BCUT2D eigenvalue weighted by molar-refractivity contribution is 6.30. The summed E-state index contributed by atoms with van der Waals surface area (Å²) in [5, 5.41) is 12.7. The van der Waals surface area contributed by atoms with E-state index in [0.29, 0.717) is 11.4 Å². The molecule has 1 unspecified atom stereocenters. The quantitative estimate of drug-likeness (QED) is 0.882. The zero-order chi connectivity index (χ0) is 12.3. The van der Waals surface area contributed by atoms with Crippen LogP contribution in [0.3, 0.4) is 0 Å². The van der Waals surface area contributed by atoms with Gasteiger partial charge in [0, 0.05) is 12.2 Å². The number of aliphatic hydroxyl groups excluding tert-OH is 1. The Balaban J connectivity index is 1.96. The van der Waals surface area contributed by atoms with Crippen LogP contribution in [0.25, 0.3) is 0 Å². The van der Waals surface area contributed by atoms with E-state index in [4.69, 9.17) is 16.0 Å². The van der Waals surface area contributed by atoms with Crippen LogP contribution in [0, 0.1) is 5.82 Å². The SMILES string of the molecule is OC(CNc1ccc(Cl)c(F)c1)c1ccco1.